The zero-order chi connectivity index (χ0) is 16.6. The van der Waals surface area contributed by atoms with Gasteiger partial charge >= 0.3 is 5.63 Å². The highest BCUT2D eigenvalue weighted by Crippen LogP contribution is 2.31. The topological polar surface area (TPSA) is 61.6 Å². The van der Waals surface area contributed by atoms with Crippen LogP contribution in [-0.2, 0) is 0 Å². The SMILES string of the molecule is COc1cc2nc(-c3ccc(F)c(F)c3)oc(=O)c2cc1OC. The van der Waals surface area contributed by atoms with Crippen LogP contribution in [0.4, 0.5) is 8.78 Å². The standard InChI is InChI=1S/C16H11F2NO4/c1-21-13-6-9-12(7-14(13)22-2)19-15(23-16(9)20)8-3-4-10(17)11(18)5-8/h3-7H,1-2H3. The quantitative estimate of drug-likeness (QED) is 0.742. The third-order valence-corrected chi connectivity index (χ3v) is 3.30. The molecule has 118 valence electrons. The maximum Gasteiger partial charge on any atom is 0.347 e. The van der Waals surface area contributed by atoms with Gasteiger partial charge in [-0.05, 0) is 18.2 Å². The first-order valence-corrected chi connectivity index (χ1v) is 6.56. The number of fused-ring (bicyclic) bond motifs is 1. The Morgan fingerprint density at radius 2 is 1.70 bits per heavy atom. The molecule has 5 nitrogen and oxygen atoms in total. The number of hydrogen-bond acceptors (Lipinski definition) is 5. The maximum atomic E-state index is 13.3. The third kappa shape index (κ3) is 2.61. The monoisotopic (exact) mass is 319 g/mol. The molecule has 0 amide bonds. The van der Waals surface area contributed by atoms with E-state index in [1.54, 1.807) is 0 Å². The number of aromatic nitrogens is 1. The number of nitrogens with zero attached hydrogens (tertiary/aromatic N) is 1. The largest absolute Gasteiger partial charge is 0.493 e. The fourth-order valence-corrected chi connectivity index (χ4v) is 2.15. The molecule has 0 spiro atoms. The second-order valence-electron chi connectivity index (χ2n) is 4.66. The summed E-state index contributed by atoms with van der Waals surface area (Å²) in [5.41, 5.74) is -0.230. The van der Waals surface area contributed by atoms with Gasteiger partial charge in [0.15, 0.2) is 23.1 Å². The van der Waals surface area contributed by atoms with Gasteiger partial charge in [0.25, 0.3) is 0 Å². The molecule has 7 heteroatoms. The number of halogens is 2. The molecule has 0 saturated heterocycles. The van der Waals surface area contributed by atoms with E-state index >= 15 is 0 Å². The summed E-state index contributed by atoms with van der Waals surface area (Å²) in [6.07, 6.45) is 0. The molecule has 23 heavy (non-hydrogen) atoms. The Hall–Kier alpha value is -2.96. The van der Waals surface area contributed by atoms with Gasteiger partial charge in [-0.3, -0.25) is 0 Å². The van der Waals surface area contributed by atoms with Crippen LogP contribution in [-0.4, -0.2) is 19.2 Å². The molecular weight excluding hydrogens is 308 g/mol. The van der Waals surface area contributed by atoms with E-state index in [0.29, 0.717) is 17.0 Å². The molecule has 0 saturated carbocycles. The molecule has 1 aromatic heterocycles. The second-order valence-corrected chi connectivity index (χ2v) is 4.66. The van der Waals surface area contributed by atoms with Crippen LogP contribution in [0.5, 0.6) is 11.5 Å². The first-order valence-electron chi connectivity index (χ1n) is 6.56. The number of rotatable bonds is 3. The summed E-state index contributed by atoms with van der Waals surface area (Å²) >= 11 is 0. The summed E-state index contributed by atoms with van der Waals surface area (Å²) in [5, 5.41) is 0.189. The lowest BCUT2D eigenvalue weighted by Gasteiger charge is -2.08. The molecule has 0 bridgehead atoms. The second kappa shape index (κ2) is 5.68. The van der Waals surface area contributed by atoms with Crippen molar-refractivity contribution in [3.8, 4) is 23.0 Å². The lowest BCUT2D eigenvalue weighted by Crippen LogP contribution is -2.04. The molecule has 0 aliphatic heterocycles. The van der Waals surface area contributed by atoms with Crippen molar-refractivity contribution in [3.05, 3.63) is 52.4 Å². The summed E-state index contributed by atoms with van der Waals surface area (Å²) in [7, 11) is 2.89. The Kier molecular flexibility index (Phi) is 3.69. The maximum absolute atomic E-state index is 13.3. The van der Waals surface area contributed by atoms with E-state index in [0.717, 1.165) is 12.1 Å². The summed E-state index contributed by atoms with van der Waals surface area (Å²) in [5.74, 6) is -1.43. The predicted octanol–water partition coefficient (Wildman–Crippen LogP) is 3.15. The van der Waals surface area contributed by atoms with Gasteiger partial charge < -0.3 is 13.9 Å². The Bertz CT molecular complexity index is 953. The summed E-state index contributed by atoms with van der Waals surface area (Å²) in [6.45, 7) is 0. The van der Waals surface area contributed by atoms with Crippen molar-refractivity contribution >= 4 is 10.9 Å². The molecule has 0 fully saturated rings. The predicted molar refractivity (Wildman–Crippen MR) is 78.7 cm³/mol. The van der Waals surface area contributed by atoms with Crippen LogP contribution >= 0.6 is 0 Å². The molecule has 0 unspecified atom stereocenters. The summed E-state index contributed by atoms with van der Waals surface area (Å²) in [4.78, 5) is 16.3. The zero-order valence-electron chi connectivity index (χ0n) is 12.2. The number of ether oxygens (including phenoxy) is 2. The van der Waals surface area contributed by atoms with Crippen LogP contribution in [0, 0.1) is 11.6 Å². The van der Waals surface area contributed by atoms with Gasteiger partial charge in [-0.15, -0.1) is 0 Å². The van der Waals surface area contributed by atoms with Crippen molar-refractivity contribution in [2.75, 3.05) is 14.2 Å². The van der Waals surface area contributed by atoms with Crippen LogP contribution in [0.1, 0.15) is 0 Å². The fourth-order valence-electron chi connectivity index (χ4n) is 2.15. The minimum atomic E-state index is -1.06. The van der Waals surface area contributed by atoms with Gasteiger partial charge in [0.2, 0.25) is 5.89 Å². The molecular formula is C16H11F2NO4. The molecule has 0 aliphatic carbocycles. The first-order chi connectivity index (χ1) is 11.0. The Balaban J connectivity index is 2.24. The summed E-state index contributed by atoms with van der Waals surface area (Å²) in [6, 6.07) is 6.07. The molecule has 0 aliphatic rings. The van der Waals surface area contributed by atoms with Crippen molar-refractivity contribution < 1.29 is 22.7 Å². The Labute approximate surface area is 129 Å². The minimum Gasteiger partial charge on any atom is -0.493 e. The van der Waals surface area contributed by atoms with Crippen LogP contribution in [0.2, 0.25) is 0 Å². The van der Waals surface area contributed by atoms with E-state index in [4.69, 9.17) is 13.9 Å². The van der Waals surface area contributed by atoms with Gasteiger partial charge in [0.05, 0.1) is 25.1 Å². The Morgan fingerprint density at radius 1 is 1.00 bits per heavy atom. The van der Waals surface area contributed by atoms with E-state index in [-0.39, 0.29) is 16.8 Å². The molecule has 1 heterocycles. The lowest BCUT2D eigenvalue weighted by atomic mass is 10.2. The third-order valence-electron chi connectivity index (χ3n) is 3.30. The first kappa shape index (κ1) is 15.0. The number of hydrogen-bond donors (Lipinski definition) is 0. The van der Waals surface area contributed by atoms with Crippen LogP contribution in [0.15, 0.2) is 39.5 Å². The molecule has 3 rings (SSSR count). The van der Waals surface area contributed by atoms with E-state index in [2.05, 4.69) is 4.98 Å². The van der Waals surface area contributed by atoms with Crippen LogP contribution in [0.25, 0.3) is 22.4 Å². The minimum absolute atomic E-state index is 0.117. The smallest absolute Gasteiger partial charge is 0.347 e. The van der Waals surface area contributed by atoms with Gasteiger partial charge in [-0.2, -0.15) is 0 Å². The molecule has 3 aromatic rings. The van der Waals surface area contributed by atoms with Crippen molar-refractivity contribution in [3.63, 3.8) is 0 Å². The van der Waals surface area contributed by atoms with E-state index < -0.39 is 17.3 Å². The van der Waals surface area contributed by atoms with Gasteiger partial charge in [-0.1, -0.05) is 0 Å². The highest BCUT2D eigenvalue weighted by atomic mass is 19.2. The highest BCUT2D eigenvalue weighted by molar-refractivity contribution is 5.82. The molecule has 0 atom stereocenters. The van der Waals surface area contributed by atoms with E-state index in [1.807, 2.05) is 0 Å². The van der Waals surface area contributed by atoms with Crippen molar-refractivity contribution in [1.29, 1.82) is 0 Å². The molecule has 0 radical (unpaired) electrons. The van der Waals surface area contributed by atoms with Crippen LogP contribution < -0.4 is 15.1 Å². The molecule has 2 aromatic carbocycles. The zero-order valence-corrected chi connectivity index (χ0v) is 12.2. The normalized spacial score (nSPS) is 10.8. The number of benzene rings is 2. The van der Waals surface area contributed by atoms with Crippen molar-refractivity contribution in [1.82, 2.24) is 4.98 Å². The van der Waals surface area contributed by atoms with Gasteiger partial charge in [0.1, 0.15) is 0 Å². The fraction of sp³-hybridized carbons (Fsp3) is 0.125. The van der Waals surface area contributed by atoms with Gasteiger partial charge in [0, 0.05) is 17.7 Å². The lowest BCUT2D eigenvalue weighted by molar-refractivity contribution is 0.355. The van der Waals surface area contributed by atoms with Crippen molar-refractivity contribution in [2.45, 2.75) is 0 Å². The van der Waals surface area contributed by atoms with E-state index in [9.17, 15) is 13.6 Å². The Morgan fingerprint density at radius 3 is 2.35 bits per heavy atom. The average Bonchev–Trinajstić information content (AvgIpc) is 2.56. The molecule has 0 N–H and O–H groups in total. The summed E-state index contributed by atoms with van der Waals surface area (Å²) < 4.78 is 41.7. The van der Waals surface area contributed by atoms with E-state index in [1.165, 1.54) is 32.4 Å². The average molecular weight is 319 g/mol. The highest BCUT2D eigenvalue weighted by Gasteiger charge is 2.14. The van der Waals surface area contributed by atoms with Crippen LogP contribution in [0.3, 0.4) is 0 Å². The number of methoxy groups -OCH3 is 2. The van der Waals surface area contributed by atoms with Crippen molar-refractivity contribution in [2.24, 2.45) is 0 Å². The van der Waals surface area contributed by atoms with Gasteiger partial charge in [-0.25, -0.2) is 18.6 Å².